The fourth-order valence-electron chi connectivity index (χ4n) is 5.28. The first-order valence-electron chi connectivity index (χ1n) is 18.9. The first kappa shape index (κ1) is 72.7. The van der Waals surface area contributed by atoms with Crippen LogP contribution in [-0.2, 0) is 14.9 Å². The van der Waals surface area contributed by atoms with Gasteiger partial charge in [-0.1, -0.05) is 163 Å². The molecule has 0 spiro atoms. The fourth-order valence-corrected chi connectivity index (χ4v) is 13.7. The van der Waals surface area contributed by atoms with Gasteiger partial charge in [0.25, 0.3) is 0 Å². The van der Waals surface area contributed by atoms with Crippen LogP contribution in [0.5, 0.6) is 0 Å². The second kappa shape index (κ2) is 27.7. The van der Waals surface area contributed by atoms with E-state index < -0.39 is 153 Å². The monoisotopic (exact) mass is 1490 g/mol. The maximum Gasteiger partial charge on any atom is 1.00 e. The van der Waals surface area contributed by atoms with Gasteiger partial charge in [-0.25, -0.2) is 57.1 Å². The van der Waals surface area contributed by atoms with Crippen molar-refractivity contribution in [1.82, 2.24) is 0 Å². The van der Waals surface area contributed by atoms with E-state index in [0.29, 0.717) is 11.8 Å². The maximum atomic E-state index is 14.8. The molecule has 0 unspecified atom stereocenters. The molecule has 0 atom stereocenters. The van der Waals surface area contributed by atoms with Crippen LogP contribution < -0.4 is 51.4 Å². The zero-order valence-corrected chi connectivity index (χ0v) is 52.7. The van der Waals surface area contributed by atoms with Crippen molar-refractivity contribution >= 4 is 185 Å². The SMILES string of the molecule is Cc1c(F)c(F)cc(Sc2c(F)c(F)cc(Sc3c(F)c(F)cc(F)c3F)c2F)c1F.O=S(=O)([O-])C(F)(F)C(F)(F)OC(F)(F)C(F)(F)Sc1c(Cl)c(Cl)cc(Sc2c(Cl)c(Cl)cc(Sc3c(Cl)c(Cl)cc(Cl)c3Cl)c2Cl)c1Cl.[K+]. The Bertz CT molecular complexity index is 3530. The minimum Gasteiger partial charge on any atom is -0.743 e. The summed E-state index contributed by atoms with van der Waals surface area (Å²) in [6.45, 7) is 0.849. The maximum absolute atomic E-state index is 14.8. The Labute approximate surface area is 550 Å². The van der Waals surface area contributed by atoms with E-state index in [4.69, 9.17) is 116 Å². The number of alkyl halides is 8. The van der Waals surface area contributed by atoms with E-state index in [-0.39, 0.29) is 143 Å². The molecular weight excluding hydrogens is 1480 g/mol. The van der Waals surface area contributed by atoms with Gasteiger partial charge in [0.2, 0.25) is 0 Å². The van der Waals surface area contributed by atoms with Gasteiger partial charge in [-0.15, -0.1) is 0 Å². The average Bonchev–Trinajstić information content (AvgIpc) is 3.34. The van der Waals surface area contributed by atoms with E-state index in [1.54, 1.807) is 0 Å². The minimum absolute atomic E-state index is 0. The van der Waals surface area contributed by atoms with Gasteiger partial charge < -0.3 is 4.55 Å². The van der Waals surface area contributed by atoms with Crippen LogP contribution in [-0.4, -0.2) is 35.7 Å². The van der Waals surface area contributed by atoms with E-state index in [1.807, 2.05) is 0 Å². The summed E-state index contributed by atoms with van der Waals surface area (Å²) in [6.07, 6.45) is -13.6. The number of hydrogen-bond acceptors (Lipinski definition) is 9. The molecule has 0 amide bonds. The van der Waals surface area contributed by atoms with E-state index in [1.165, 1.54) is 12.1 Å². The quantitative estimate of drug-likeness (QED) is 0.0329. The normalized spacial score (nSPS) is 12.4. The van der Waals surface area contributed by atoms with E-state index in [2.05, 4.69) is 4.74 Å². The third-order valence-electron chi connectivity index (χ3n) is 9.06. The predicted molar refractivity (Wildman–Crippen MR) is 266 cm³/mol. The van der Waals surface area contributed by atoms with Crippen molar-refractivity contribution in [1.29, 1.82) is 0 Å². The Morgan fingerprint density at radius 1 is 0.412 bits per heavy atom. The molecule has 0 bridgehead atoms. The van der Waals surface area contributed by atoms with Gasteiger partial charge in [0, 0.05) is 21.4 Å². The number of halogens is 28. The molecule has 0 aliphatic heterocycles. The van der Waals surface area contributed by atoms with Crippen LogP contribution >= 0.6 is 175 Å². The summed E-state index contributed by atoms with van der Waals surface area (Å²) in [5.74, 6) is -17.2. The molecule has 0 heterocycles. The number of ether oxygens (including phenoxy) is 1. The van der Waals surface area contributed by atoms with Crippen LogP contribution in [0.1, 0.15) is 5.56 Å². The minimum atomic E-state index is -7.39. The van der Waals surface area contributed by atoms with Crippen molar-refractivity contribution in [2.45, 2.75) is 73.7 Å². The molecule has 0 aliphatic rings. The summed E-state index contributed by atoms with van der Waals surface area (Å²) in [5, 5.41) is -16.1. The van der Waals surface area contributed by atoms with Crippen LogP contribution in [0.2, 0.25) is 50.2 Å². The first-order valence-corrected chi connectivity index (χ1v) is 28.2. The number of hydrogen-bond donors (Lipinski definition) is 0. The first-order chi connectivity index (χ1) is 36.0. The topological polar surface area (TPSA) is 66.4 Å². The Morgan fingerprint density at radius 2 is 0.738 bits per heavy atom. The molecule has 0 aliphatic carbocycles. The summed E-state index contributed by atoms with van der Waals surface area (Å²) in [4.78, 5) is -6.06. The Kier molecular flexibility index (Phi) is 25.2. The average molecular weight is 1490 g/mol. The Morgan fingerprint density at radius 3 is 1.16 bits per heavy atom. The van der Waals surface area contributed by atoms with Crippen molar-refractivity contribution in [3.05, 3.63) is 150 Å². The van der Waals surface area contributed by atoms with Gasteiger partial charge >= 0.3 is 74.1 Å². The van der Waals surface area contributed by atoms with Crippen molar-refractivity contribution < 1.29 is 148 Å². The molecule has 6 rings (SSSR count). The Balaban J connectivity index is 0.000000371. The van der Waals surface area contributed by atoms with E-state index in [9.17, 15) is 92.0 Å². The molecule has 0 saturated heterocycles. The smallest absolute Gasteiger partial charge is 0.743 e. The van der Waals surface area contributed by atoms with E-state index >= 15 is 0 Å². The molecule has 6 aromatic carbocycles. The molecule has 6 aromatic rings. The van der Waals surface area contributed by atoms with E-state index in [0.717, 1.165) is 24.8 Å². The molecular formula is C41H9Cl10F18KO4S6. The summed E-state index contributed by atoms with van der Waals surface area (Å²) in [5.41, 5.74) is -0.811. The molecule has 39 heteroatoms. The van der Waals surface area contributed by atoms with Crippen molar-refractivity contribution in [3.63, 3.8) is 0 Å². The van der Waals surface area contributed by atoms with Crippen molar-refractivity contribution in [2.24, 2.45) is 0 Å². The molecule has 80 heavy (non-hydrogen) atoms. The molecule has 0 saturated carbocycles. The fraction of sp³-hybridized carbons (Fsp3) is 0.122. The third-order valence-corrected chi connectivity index (χ3v) is 20.3. The van der Waals surface area contributed by atoms with Gasteiger partial charge in [-0.05, 0) is 49.0 Å². The van der Waals surface area contributed by atoms with Gasteiger partial charge in [0.1, 0.15) is 5.82 Å². The largest absolute Gasteiger partial charge is 1.00 e. The van der Waals surface area contributed by atoms with Gasteiger partial charge in [-0.2, -0.15) is 35.1 Å². The molecule has 4 nitrogen and oxygen atoms in total. The van der Waals surface area contributed by atoms with Crippen LogP contribution in [0.3, 0.4) is 0 Å². The van der Waals surface area contributed by atoms with Crippen LogP contribution in [0, 0.1) is 65.1 Å². The van der Waals surface area contributed by atoms with Crippen LogP contribution in [0.15, 0.2) is 80.5 Å². The third kappa shape index (κ3) is 15.4. The number of rotatable bonds is 15. The molecule has 0 aromatic heterocycles. The summed E-state index contributed by atoms with van der Waals surface area (Å²) >= 11 is 61.2. The number of benzene rings is 6. The van der Waals surface area contributed by atoms with Crippen LogP contribution in [0.25, 0.3) is 0 Å². The molecule has 0 N–H and O–H groups in total. The second-order valence-corrected chi connectivity index (χ2v) is 24.9. The van der Waals surface area contributed by atoms with Crippen LogP contribution in [0.4, 0.5) is 79.0 Å². The van der Waals surface area contributed by atoms with Gasteiger partial charge in [0.05, 0.1) is 84.5 Å². The molecule has 0 fully saturated rings. The van der Waals surface area contributed by atoms with Crippen molar-refractivity contribution in [3.8, 4) is 0 Å². The standard InChI is InChI=1S/C22H4Cl10F8O4S4.C19H6F10S2.K/c23-4-1-5(24)11(28)16(10(4)27)45-8-2-6(25)12(29)17(14(8)31)46-9-3-7(26)13(30)18(15(9)32)47-21(37,38)19(33,34)44-20(35,36)22(39,40)48(41,42)43;1-5-12(24)8(22)3-10(13(5)25)30-19-16(28)9(23)4-11(17(19)29)31-18-14(26)6(20)2-7(21)15(18)27;/h1-3H,(H,41,42,43);2-4H,1H3;/q;;+1/p-1. The zero-order chi connectivity index (χ0) is 60.3. The second-order valence-electron chi connectivity index (χ2n) is 14.3. The Hall–Kier alpha value is 0.216. The molecule has 0 radical (unpaired) electrons. The predicted octanol–water partition coefficient (Wildman–Crippen LogP) is 19.2. The molecule has 430 valence electrons. The zero-order valence-electron chi connectivity index (χ0n) is 37.1. The van der Waals surface area contributed by atoms with Gasteiger partial charge in [-0.3, -0.25) is 0 Å². The van der Waals surface area contributed by atoms with Gasteiger partial charge in [0.15, 0.2) is 62.5 Å². The summed E-state index contributed by atoms with van der Waals surface area (Å²) in [7, 11) is -7.39. The summed E-state index contributed by atoms with van der Waals surface area (Å²) < 4.78 is 284. The van der Waals surface area contributed by atoms with Crippen molar-refractivity contribution in [2.75, 3.05) is 0 Å². The number of thioether (sulfide) groups is 1. The summed E-state index contributed by atoms with van der Waals surface area (Å²) in [6, 6.07) is 3.79.